The molecular formula is C41H33N4Pt-3. The van der Waals surface area contributed by atoms with Gasteiger partial charge in [0, 0.05) is 52.6 Å². The molecule has 8 rings (SSSR count). The van der Waals surface area contributed by atoms with E-state index < -0.39 is 6.37 Å². The molecule has 0 spiro atoms. The van der Waals surface area contributed by atoms with E-state index in [0.717, 1.165) is 50.4 Å². The van der Waals surface area contributed by atoms with Gasteiger partial charge in [0.15, 0.2) is 0 Å². The van der Waals surface area contributed by atoms with E-state index in [1.165, 1.54) is 5.56 Å². The first-order valence-corrected chi connectivity index (χ1v) is 15.2. The van der Waals surface area contributed by atoms with Crippen molar-refractivity contribution in [3.63, 3.8) is 0 Å². The predicted octanol–water partition coefficient (Wildman–Crippen LogP) is 10.1. The number of benzene rings is 5. The summed E-state index contributed by atoms with van der Waals surface area (Å²) in [5.74, 6) is 0.766. The number of anilines is 4. The summed E-state index contributed by atoms with van der Waals surface area (Å²) in [6.07, 6.45) is -0.0909. The zero-order chi connectivity index (χ0) is 32.3. The third-order valence-corrected chi connectivity index (χ3v) is 8.41. The molecule has 0 bridgehead atoms. The maximum absolute atomic E-state index is 9.39. The van der Waals surface area contributed by atoms with E-state index in [1.54, 1.807) is 12.3 Å². The molecule has 5 heteroatoms. The summed E-state index contributed by atoms with van der Waals surface area (Å²) in [5, 5.41) is 2.08. The Kier molecular flexibility index (Phi) is 7.17. The molecule has 230 valence electrons. The van der Waals surface area contributed by atoms with Crippen LogP contribution in [0.2, 0.25) is 0 Å². The molecule has 0 radical (unpaired) electrons. The van der Waals surface area contributed by atoms with Crippen molar-refractivity contribution in [2.75, 3.05) is 9.80 Å². The van der Waals surface area contributed by atoms with Crippen LogP contribution in [0.15, 0.2) is 128 Å². The number of aromatic nitrogens is 2. The Morgan fingerprint density at radius 2 is 1.41 bits per heavy atom. The van der Waals surface area contributed by atoms with Crippen LogP contribution in [0.25, 0.3) is 27.6 Å². The molecule has 2 aromatic heterocycles. The average Bonchev–Trinajstić information content (AvgIpc) is 3.65. The van der Waals surface area contributed by atoms with Gasteiger partial charge in [-0.3, -0.25) is 0 Å². The molecule has 0 fully saturated rings. The van der Waals surface area contributed by atoms with E-state index in [1.807, 2.05) is 66.7 Å². The quantitative estimate of drug-likeness (QED) is 0.163. The Morgan fingerprint density at radius 1 is 0.696 bits per heavy atom. The SMILES string of the molecule is [2H]C([2H])(c1[c-]c(N2[CH-]N(c3ccc(C(C)(C)C)cc3)c3ccccc32)ccc1)c1[c-]c2c(cc1)c1ccccc1n2-c1ccccn1.[Pt]. The molecule has 7 aromatic rings. The van der Waals surface area contributed by atoms with E-state index >= 15 is 0 Å². The molecule has 3 heterocycles. The first-order chi connectivity index (χ1) is 22.7. The number of hydrogen-bond acceptors (Lipinski definition) is 3. The average molecular weight is 779 g/mol. The zero-order valence-electron chi connectivity index (χ0n) is 27.8. The molecule has 4 nitrogen and oxygen atoms in total. The maximum atomic E-state index is 9.39. The number of hydrogen-bond donors (Lipinski definition) is 0. The molecule has 0 N–H and O–H groups in total. The summed E-state index contributed by atoms with van der Waals surface area (Å²) in [7, 11) is 0. The number of rotatable bonds is 5. The van der Waals surface area contributed by atoms with Crippen LogP contribution < -0.4 is 9.80 Å². The fraction of sp³-hybridized carbons (Fsp3) is 0.122. The molecule has 0 atom stereocenters. The van der Waals surface area contributed by atoms with E-state index in [0.29, 0.717) is 11.1 Å². The molecule has 0 unspecified atom stereocenters. The smallest absolute Gasteiger partial charge is 0.135 e. The number of fused-ring (bicyclic) bond motifs is 4. The number of para-hydroxylation sites is 3. The third kappa shape index (κ3) is 5.31. The first-order valence-electron chi connectivity index (χ1n) is 16.2. The Labute approximate surface area is 288 Å². The van der Waals surface area contributed by atoms with Crippen LogP contribution in [-0.4, -0.2) is 9.55 Å². The van der Waals surface area contributed by atoms with E-state index in [9.17, 15) is 2.74 Å². The van der Waals surface area contributed by atoms with Crippen LogP contribution in [0.4, 0.5) is 22.7 Å². The van der Waals surface area contributed by atoms with E-state index in [-0.39, 0.29) is 26.5 Å². The van der Waals surface area contributed by atoms with Gasteiger partial charge in [0.1, 0.15) is 5.82 Å². The van der Waals surface area contributed by atoms with E-state index in [2.05, 4.69) is 107 Å². The maximum Gasteiger partial charge on any atom is 0.135 e. The van der Waals surface area contributed by atoms with Crippen LogP contribution in [-0.2, 0) is 32.9 Å². The second-order valence-corrected chi connectivity index (χ2v) is 12.4. The van der Waals surface area contributed by atoms with Gasteiger partial charge in [0.05, 0.1) is 0 Å². The van der Waals surface area contributed by atoms with Crippen LogP contribution in [0.5, 0.6) is 0 Å². The van der Waals surface area contributed by atoms with Gasteiger partial charge in [-0.05, 0) is 65.2 Å². The van der Waals surface area contributed by atoms with Gasteiger partial charge in [-0.1, -0.05) is 74.8 Å². The predicted molar refractivity (Wildman–Crippen MR) is 186 cm³/mol. The summed E-state index contributed by atoms with van der Waals surface area (Å²) < 4.78 is 20.8. The fourth-order valence-electron chi connectivity index (χ4n) is 6.14. The minimum atomic E-state index is -1.86. The Hall–Kier alpha value is -4.66. The van der Waals surface area contributed by atoms with Gasteiger partial charge in [-0.2, -0.15) is 53.6 Å². The number of nitrogens with zero attached hydrogens (tertiary/aromatic N) is 4. The summed E-state index contributed by atoms with van der Waals surface area (Å²) in [4.78, 5) is 8.88. The topological polar surface area (TPSA) is 24.3 Å². The van der Waals surface area contributed by atoms with Crippen molar-refractivity contribution in [3.8, 4) is 5.82 Å². The molecule has 5 aromatic carbocycles. The molecule has 1 aliphatic rings. The normalized spacial score (nSPS) is 13.8. The summed E-state index contributed by atoms with van der Waals surface area (Å²) >= 11 is 0. The minimum Gasteiger partial charge on any atom is -0.493 e. The van der Waals surface area contributed by atoms with Crippen molar-refractivity contribution in [2.24, 2.45) is 0 Å². The summed E-state index contributed by atoms with van der Waals surface area (Å²) in [6.45, 7) is 8.72. The van der Waals surface area contributed by atoms with Crippen LogP contribution in [0.3, 0.4) is 0 Å². The molecule has 0 saturated heterocycles. The van der Waals surface area contributed by atoms with Crippen molar-refractivity contribution >= 4 is 44.6 Å². The van der Waals surface area contributed by atoms with Gasteiger partial charge in [-0.15, -0.1) is 17.7 Å². The van der Waals surface area contributed by atoms with Gasteiger partial charge < -0.3 is 14.4 Å². The zero-order valence-corrected chi connectivity index (χ0v) is 28.1. The monoisotopic (exact) mass is 778 g/mol. The van der Waals surface area contributed by atoms with E-state index in [4.69, 9.17) is 0 Å². The van der Waals surface area contributed by atoms with Crippen LogP contribution in [0.1, 0.15) is 40.2 Å². The second kappa shape index (κ2) is 11.9. The van der Waals surface area contributed by atoms with Crippen molar-refractivity contribution < 1.29 is 23.8 Å². The minimum absolute atomic E-state index is 0. The Morgan fingerprint density at radius 3 is 2.17 bits per heavy atom. The second-order valence-electron chi connectivity index (χ2n) is 12.4. The van der Waals surface area contributed by atoms with Gasteiger partial charge in [0.25, 0.3) is 0 Å². The van der Waals surface area contributed by atoms with Gasteiger partial charge >= 0.3 is 0 Å². The van der Waals surface area contributed by atoms with Crippen molar-refractivity contribution in [3.05, 3.63) is 163 Å². The third-order valence-electron chi connectivity index (χ3n) is 8.41. The van der Waals surface area contributed by atoms with Crippen LogP contribution in [0, 0.1) is 18.8 Å². The van der Waals surface area contributed by atoms with Gasteiger partial charge in [0.2, 0.25) is 0 Å². The van der Waals surface area contributed by atoms with Crippen molar-refractivity contribution in [1.29, 1.82) is 0 Å². The number of pyridine rings is 1. The van der Waals surface area contributed by atoms with Crippen molar-refractivity contribution in [1.82, 2.24) is 9.55 Å². The Balaban J connectivity index is 0.00000364. The molecular weight excluding hydrogens is 744 g/mol. The molecule has 0 amide bonds. The molecule has 0 saturated carbocycles. The largest absolute Gasteiger partial charge is 0.493 e. The standard InChI is InChI=1S/C41H33N4.Pt/c1-41(2,3)31-19-21-32(22-20-31)43-28-44(38-16-7-6-15-37(38)43)33-12-10-11-29(26-33)25-30-18-23-35-34-13-4-5-14-36(34)45(39(35)27-30)40-17-8-9-24-42-40;/h4-24,28H,25H2,1-3H3;/q-3;/i25D2;. The fourth-order valence-corrected chi connectivity index (χ4v) is 6.14. The van der Waals surface area contributed by atoms with Gasteiger partial charge in [-0.25, -0.2) is 4.98 Å². The Bertz CT molecular complexity index is 2260. The molecule has 0 aliphatic carbocycles. The van der Waals surface area contributed by atoms with Crippen LogP contribution >= 0.6 is 0 Å². The summed E-state index contributed by atoms with van der Waals surface area (Å²) in [6, 6.07) is 47.4. The van der Waals surface area contributed by atoms with Crippen molar-refractivity contribution in [2.45, 2.75) is 32.6 Å². The molecule has 46 heavy (non-hydrogen) atoms. The first kappa shape index (κ1) is 27.6. The summed E-state index contributed by atoms with van der Waals surface area (Å²) in [5.41, 5.74) is 7.90. The molecule has 1 aliphatic heterocycles.